The number of aromatic nitrogens is 4. The highest BCUT2D eigenvalue weighted by atomic mass is 19.4. The maximum absolute atomic E-state index is 12.8. The molecule has 0 spiro atoms. The van der Waals surface area contributed by atoms with Crippen LogP contribution in [0.1, 0.15) is 30.4 Å². The van der Waals surface area contributed by atoms with Crippen molar-refractivity contribution in [3.63, 3.8) is 0 Å². The van der Waals surface area contributed by atoms with E-state index < -0.39 is 23.5 Å². The highest BCUT2D eigenvalue weighted by molar-refractivity contribution is 5.36. The molecule has 3 heterocycles. The van der Waals surface area contributed by atoms with Gasteiger partial charge < -0.3 is 14.6 Å². The molecule has 1 saturated heterocycles. The second-order valence-corrected chi connectivity index (χ2v) is 5.26. The normalized spacial score (nSPS) is 18.0. The van der Waals surface area contributed by atoms with Gasteiger partial charge in [-0.1, -0.05) is 0 Å². The Hall–Kier alpha value is -2.65. The van der Waals surface area contributed by atoms with Crippen LogP contribution in [-0.4, -0.2) is 33.6 Å². The Labute approximate surface area is 134 Å². The van der Waals surface area contributed by atoms with Crippen LogP contribution in [0, 0.1) is 0 Å². The number of hydrogen-bond donors (Lipinski definition) is 1. The summed E-state index contributed by atoms with van der Waals surface area (Å²) in [6.45, 7) is 0.474. The van der Waals surface area contributed by atoms with Gasteiger partial charge in [-0.2, -0.15) is 13.2 Å². The fourth-order valence-corrected chi connectivity index (χ4v) is 2.65. The predicted molar refractivity (Wildman–Crippen MR) is 77.8 cm³/mol. The van der Waals surface area contributed by atoms with E-state index in [2.05, 4.69) is 19.9 Å². The van der Waals surface area contributed by atoms with Crippen molar-refractivity contribution in [2.24, 2.45) is 0 Å². The topological polar surface area (TPSA) is 84.0 Å². The lowest BCUT2D eigenvalue weighted by Gasteiger charge is -2.24. The van der Waals surface area contributed by atoms with Gasteiger partial charge in [-0.05, 0) is 18.9 Å². The van der Waals surface area contributed by atoms with Crippen LogP contribution in [0.3, 0.4) is 0 Å². The van der Waals surface area contributed by atoms with Gasteiger partial charge in [-0.15, -0.1) is 0 Å². The minimum Gasteiger partial charge on any atom is -0.490 e. The first-order valence-corrected chi connectivity index (χ1v) is 7.20. The van der Waals surface area contributed by atoms with Gasteiger partial charge in [0.2, 0.25) is 11.7 Å². The van der Waals surface area contributed by atoms with E-state index in [1.165, 1.54) is 13.3 Å². The summed E-state index contributed by atoms with van der Waals surface area (Å²) in [7, 11) is 1.35. The zero-order chi connectivity index (χ0) is 17.3. The molecule has 2 aromatic rings. The number of rotatable bonds is 3. The van der Waals surface area contributed by atoms with Gasteiger partial charge in [0.25, 0.3) is 5.56 Å². The molecule has 1 aliphatic heterocycles. The summed E-state index contributed by atoms with van der Waals surface area (Å²) in [6, 6.07) is 0.425. The van der Waals surface area contributed by atoms with Crippen molar-refractivity contribution in [1.29, 1.82) is 0 Å². The Balaban J connectivity index is 1.94. The molecule has 1 fully saturated rings. The average molecular weight is 341 g/mol. The monoisotopic (exact) mass is 341 g/mol. The Morgan fingerprint density at radius 3 is 2.83 bits per heavy atom. The minimum absolute atomic E-state index is 0.0363. The smallest absolute Gasteiger partial charge is 0.433 e. The predicted octanol–water partition coefficient (Wildman–Crippen LogP) is 1.93. The average Bonchev–Trinajstić information content (AvgIpc) is 3.03. The fraction of sp³-hybridized carbons (Fsp3) is 0.429. The van der Waals surface area contributed by atoms with Gasteiger partial charge in [0, 0.05) is 12.7 Å². The van der Waals surface area contributed by atoms with E-state index in [0.29, 0.717) is 18.8 Å². The molecule has 0 amide bonds. The lowest BCUT2D eigenvalue weighted by molar-refractivity contribution is -0.141. The van der Waals surface area contributed by atoms with Crippen LogP contribution >= 0.6 is 0 Å². The summed E-state index contributed by atoms with van der Waals surface area (Å²) < 4.78 is 43.3. The number of anilines is 1. The number of alkyl halides is 3. The standard InChI is InChI=1S/C14H14F3N5O2/c1-24-9-7-19-11(21-12(9)23)8-3-2-6-22(8)13-18-5-4-10(20-13)14(15,16)17/h4-5,7-8H,2-3,6H2,1H3,(H,19,21,23). The summed E-state index contributed by atoms with van der Waals surface area (Å²) in [5.74, 6) is 0.378. The Morgan fingerprint density at radius 1 is 1.38 bits per heavy atom. The van der Waals surface area contributed by atoms with E-state index in [-0.39, 0.29) is 11.7 Å². The van der Waals surface area contributed by atoms with Crippen molar-refractivity contribution in [2.45, 2.75) is 25.1 Å². The second kappa shape index (κ2) is 6.10. The molecular formula is C14H14F3N5O2. The van der Waals surface area contributed by atoms with Crippen molar-refractivity contribution in [3.8, 4) is 5.75 Å². The molecule has 1 unspecified atom stereocenters. The van der Waals surface area contributed by atoms with Crippen LogP contribution in [0.5, 0.6) is 5.75 Å². The van der Waals surface area contributed by atoms with Crippen LogP contribution in [0.4, 0.5) is 19.1 Å². The lowest BCUT2D eigenvalue weighted by Crippen LogP contribution is -2.28. The number of nitrogens with zero attached hydrogens (tertiary/aromatic N) is 4. The molecule has 1 aliphatic rings. The number of aromatic amines is 1. The van der Waals surface area contributed by atoms with E-state index in [1.807, 2.05) is 0 Å². The molecule has 2 aromatic heterocycles. The number of methoxy groups -OCH3 is 1. The number of halogens is 3. The molecule has 7 nitrogen and oxygen atoms in total. The van der Waals surface area contributed by atoms with Crippen molar-refractivity contribution in [3.05, 3.63) is 40.3 Å². The summed E-state index contributed by atoms with van der Waals surface area (Å²) >= 11 is 0. The molecule has 3 rings (SSSR count). The second-order valence-electron chi connectivity index (χ2n) is 5.26. The van der Waals surface area contributed by atoms with Crippen LogP contribution in [0.15, 0.2) is 23.3 Å². The van der Waals surface area contributed by atoms with Gasteiger partial charge in [-0.3, -0.25) is 4.79 Å². The van der Waals surface area contributed by atoms with Gasteiger partial charge in [0.15, 0.2) is 0 Å². The van der Waals surface area contributed by atoms with Crippen molar-refractivity contribution in [1.82, 2.24) is 19.9 Å². The lowest BCUT2D eigenvalue weighted by atomic mass is 10.2. The molecule has 0 aliphatic carbocycles. The first kappa shape index (κ1) is 16.2. The molecule has 0 saturated carbocycles. The van der Waals surface area contributed by atoms with Crippen LogP contribution in [0.25, 0.3) is 0 Å². The van der Waals surface area contributed by atoms with Gasteiger partial charge in [0.1, 0.15) is 11.5 Å². The van der Waals surface area contributed by atoms with Gasteiger partial charge in [0.05, 0.1) is 19.3 Å². The van der Waals surface area contributed by atoms with E-state index in [4.69, 9.17) is 4.74 Å². The molecule has 1 atom stereocenters. The van der Waals surface area contributed by atoms with Gasteiger partial charge in [-0.25, -0.2) is 15.0 Å². The first-order chi connectivity index (χ1) is 11.4. The van der Waals surface area contributed by atoms with Crippen molar-refractivity contribution >= 4 is 5.95 Å². The maximum atomic E-state index is 12.8. The van der Waals surface area contributed by atoms with E-state index in [1.54, 1.807) is 4.90 Å². The summed E-state index contributed by atoms with van der Waals surface area (Å²) in [6.07, 6.45) is -0.836. The summed E-state index contributed by atoms with van der Waals surface area (Å²) in [5.41, 5.74) is -1.45. The maximum Gasteiger partial charge on any atom is 0.433 e. The highest BCUT2D eigenvalue weighted by Gasteiger charge is 2.35. The largest absolute Gasteiger partial charge is 0.490 e. The third-order valence-corrected chi connectivity index (χ3v) is 3.76. The summed E-state index contributed by atoms with van der Waals surface area (Å²) in [5, 5.41) is 0. The molecule has 0 aromatic carbocycles. The molecule has 10 heteroatoms. The third-order valence-electron chi connectivity index (χ3n) is 3.76. The molecular weight excluding hydrogens is 327 g/mol. The number of hydrogen-bond acceptors (Lipinski definition) is 6. The minimum atomic E-state index is -4.54. The van der Waals surface area contributed by atoms with Crippen LogP contribution in [0.2, 0.25) is 0 Å². The fourth-order valence-electron chi connectivity index (χ4n) is 2.65. The highest BCUT2D eigenvalue weighted by Crippen LogP contribution is 2.34. The van der Waals surface area contributed by atoms with Crippen LogP contribution < -0.4 is 15.2 Å². The van der Waals surface area contributed by atoms with Crippen molar-refractivity contribution in [2.75, 3.05) is 18.6 Å². The Bertz CT molecular complexity index is 792. The Morgan fingerprint density at radius 2 is 2.17 bits per heavy atom. The molecule has 0 bridgehead atoms. The van der Waals surface area contributed by atoms with E-state index in [9.17, 15) is 18.0 Å². The Kier molecular flexibility index (Phi) is 4.12. The van der Waals surface area contributed by atoms with Crippen molar-refractivity contribution < 1.29 is 17.9 Å². The summed E-state index contributed by atoms with van der Waals surface area (Å²) in [4.78, 5) is 27.7. The number of ether oxygens (including phenoxy) is 1. The quantitative estimate of drug-likeness (QED) is 0.918. The molecule has 24 heavy (non-hydrogen) atoms. The SMILES string of the molecule is COc1cnc(C2CCCN2c2nccc(C(F)(F)F)n2)[nH]c1=O. The molecule has 1 N–H and O–H groups in total. The van der Waals surface area contributed by atoms with Gasteiger partial charge >= 0.3 is 6.18 Å². The zero-order valence-corrected chi connectivity index (χ0v) is 12.7. The molecule has 0 radical (unpaired) electrons. The van der Waals surface area contributed by atoms with E-state index in [0.717, 1.165) is 18.7 Å². The van der Waals surface area contributed by atoms with Crippen LogP contribution in [-0.2, 0) is 6.18 Å². The zero-order valence-electron chi connectivity index (χ0n) is 12.7. The number of nitrogens with one attached hydrogen (secondary N) is 1. The number of H-pyrrole nitrogens is 1. The third kappa shape index (κ3) is 3.03. The molecule has 128 valence electrons. The van der Waals surface area contributed by atoms with E-state index >= 15 is 0 Å². The first-order valence-electron chi connectivity index (χ1n) is 7.20.